The van der Waals surface area contributed by atoms with Crippen molar-refractivity contribution in [3.63, 3.8) is 0 Å². The molecule has 0 aliphatic rings. The zero-order valence-corrected chi connectivity index (χ0v) is 15.4. The minimum Gasteiger partial charge on any atom is -0.294 e. The van der Waals surface area contributed by atoms with Crippen molar-refractivity contribution in [2.24, 2.45) is 10.8 Å². The van der Waals surface area contributed by atoms with Crippen LogP contribution < -0.4 is 0 Å². The van der Waals surface area contributed by atoms with Crippen LogP contribution >= 0.6 is 0 Å². The maximum Gasteiger partial charge on any atom is 0.179 e. The molecule has 0 N–H and O–H groups in total. The van der Waals surface area contributed by atoms with Crippen LogP contribution in [0.2, 0.25) is 0 Å². The number of rotatable bonds is 5. The Morgan fingerprint density at radius 1 is 1.00 bits per heavy atom. The van der Waals surface area contributed by atoms with Gasteiger partial charge in [-0.05, 0) is 24.3 Å². The Hall–Kier alpha value is -1.16. The number of carbonyl (C=O) groups is 1. The van der Waals surface area contributed by atoms with Crippen molar-refractivity contribution >= 4 is 15.6 Å². The zero-order valence-electron chi connectivity index (χ0n) is 14.6. The Balaban J connectivity index is 3.08. The van der Waals surface area contributed by atoms with Gasteiger partial charge in [-0.2, -0.15) is 0 Å². The van der Waals surface area contributed by atoms with Crippen LogP contribution in [0.3, 0.4) is 0 Å². The van der Waals surface area contributed by atoms with Gasteiger partial charge in [-0.1, -0.05) is 59.7 Å². The van der Waals surface area contributed by atoms with Crippen LogP contribution in [0.25, 0.3) is 0 Å². The molecule has 4 heteroatoms. The molecule has 0 unspecified atom stereocenters. The van der Waals surface area contributed by atoms with Gasteiger partial charge in [0.25, 0.3) is 0 Å². The first kappa shape index (κ1) is 18.9. The molecule has 0 saturated carbocycles. The molecule has 0 fully saturated rings. The summed E-state index contributed by atoms with van der Waals surface area (Å²) in [6, 6.07) is 6.55. The second-order valence-corrected chi connectivity index (χ2v) is 10.1. The Bertz CT molecular complexity index is 629. The minimum atomic E-state index is -3.44. The van der Waals surface area contributed by atoms with E-state index in [-0.39, 0.29) is 21.8 Å². The van der Waals surface area contributed by atoms with Crippen molar-refractivity contribution in [2.45, 2.75) is 59.3 Å². The smallest absolute Gasteiger partial charge is 0.179 e. The summed E-state index contributed by atoms with van der Waals surface area (Å²) in [5.74, 6) is -0.0545. The van der Waals surface area contributed by atoms with Gasteiger partial charge in [-0.25, -0.2) is 8.42 Å². The number of hydrogen-bond donors (Lipinski definition) is 0. The quantitative estimate of drug-likeness (QED) is 0.748. The fourth-order valence-corrected chi connectivity index (χ4v) is 3.76. The molecule has 0 aliphatic heterocycles. The van der Waals surface area contributed by atoms with Crippen molar-refractivity contribution in [2.75, 3.05) is 5.75 Å². The number of benzene rings is 1. The summed E-state index contributed by atoms with van der Waals surface area (Å²) in [4.78, 5) is 12.7. The van der Waals surface area contributed by atoms with E-state index in [1.54, 1.807) is 45.0 Å². The molecule has 0 aromatic heterocycles. The van der Waals surface area contributed by atoms with Gasteiger partial charge in [-0.15, -0.1) is 0 Å². The summed E-state index contributed by atoms with van der Waals surface area (Å²) in [5.41, 5.74) is -0.182. The van der Waals surface area contributed by atoms with Crippen LogP contribution in [0.15, 0.2) is 29.2 Å². The number of Topliss-reactive ketones (excluding diaryl/α,β-unsaturated/α-hetero) is 1. The SMILES string of the molecule is CC(C)(C)CCCS(=O)(=O)c1ccccc1C(=O)C(C)(C)C. The van der Waals surface area contributed by atoms with E-state index in [1.165, 1.54) is 0 Å². The van der Waals surface area contributed by atoms with Gasteiger partial charge >= 0.3 is 0 Å². The molecular weight excluding hydrogens is 296 g/mol. The van der Waals surface area contributed by atoms with Gasteiger partial charge in [-0.3, -0.25) is 4.79 Å². The molecule has 0 aliphatic carbocycles. The van der Waals surface area contributed by atoms with E-state index in [4.69, 9.17) is 0 Å². The molecule has 22 heavy (non-hydrogen) atoms. The first-order valence-electron chi connectivity index (χ1n) is 7.71. The Kier molecular flexibility index (Phi) is 5.61. The third kappa shape index (κ3) is 5.24. The molecule has 0 radical (unpaired) electrons. The molecule has 1 aromatic rings. The lowest BCUT2D eigenvalue weighted by atomic mass is 9.86. The predicted octanol–water partition coefficient (Wildman–Crippen LogP) is 4.52. The molecule has 0 atom stereocenters. The third-order valence-electron chi connectivity index (χ3n) is 3.49. The standard InChI is InChI=1S/C18H28O3S/c1-17(2,3)12-9-13-22(20,21)15-11-8-7-10-14(15)16(19)18(4,5)6/h7-8,10-11H,9,12-13H2,1-6H3. The lowest BCUT2D eigenvalue weighted by molar-refractivity contribution is 0.0854. The second-order valence-electron chi connectivity index (χ2n) is 8.06. The number of carbonyl (C=O) groups excluding carboxylic acids is 1. The molecule has 0 saturated heterocycles. The van der Waals surface area contributed by atoms with E-state index in [0.717, 1.165) is 6.42 Å². The fourth-order valence-electron chi connectivity index (χ4n) is 2.23. The van der Waals surface area contributed by atoms with E-state index in [1.807, 2.05) is 0 Å². The normalized spacial score (nSPS) is 13.2. The third-order valence-corrected chi connectivity index (χ3v) is 5.34. The van der Waals surface area contributed by atoms with Crippen LogP contribution in [0.1, 0.15) is 64.7 Å². The fraction of sp³-hybridized carbons (Fsp3) is 0.611. The molecule has 0 bridgehead atoms. The largest absolute Gasteiger partial charge is 0.294 e. The molecule has 3 nitrogen and oxygen atoms in total. The average Bonchev–Trinajstić information content (AvgIpc) is 2.35. The zero-order chi connectivity index (χ0) is 17.2. The summed E-state index contributed by atoms with van der Waals surface area (Å²) in [6.45, 7) is 11.7. The molecule has 0 spiro atoms. The van der Waals surface area contributed by atoms with E-state index >= 15 is 0 Å². The van der Waals surface area contributed by atoms with Crippen LogP contribution in [0.4, 0.5) is 0 Å². The van der Waals surface area contributed by atoms with Gasteiger partial charge in [0.2, 0.25) is 0 Å². The van der Waals surface area contributed by atoms with Crippen LogP contribution in [-0.4, -0.2) is 20.0 Å². The summed E-state index contributed by atoms with van der Waals surface area (Å²) < 4.78 is 25.2. The van der Waals surface area contributed by atoms with E-state index in [9.17, 15) is 13.2 Å². The molecule has 1 aromatic carbocycles. The lowest BCUT2D eigenvalue weighted by Gasteiger charge is -2.20. The maximum atomic E-state index is 12.6. The average molecular weight is 324 g/mol. The first-order chi connectivity index (χ1) is 9.84. The summed E-state index contributed by atoms with van der Waals surface area (Å²) in [6.07, 6.45) is 1.44. The van der Waals surface area contributed by atoms with Crippen LogP contribution in [0.5, 0.6) is 0 Å². The van der Waals surface area contributed by atoms with Crippen LogP contribution in [0, 0.1) is 10.8 Å². The minimum absolute atomic E-state index is 0.0820. The van der Waals surface area contributed by atoms with Crippen LogP contribution in [-0.2, 0) is 9.84 Å². The van der Waals surface area contributed by atoms with Gasteiger partial charge in [0.15, 0.2) is 15.6 Å². The molecule has 124 valence electrons. The van der Waals surface area contributed by atoms with Gasteiger partial charge in [0.05, 0.1) is 10.6 Å². The number of ketones is 1. The van der Waals surface area contributed by atoms with Crippen molar-refractivity contribution in [1.29, 1.82) is 0 Å². The topological polar surface area (TPSA) is 51.2 Å². The maximum absolute atomic E-state index is 12.6. The Labute approximate surface area is 135 Å². The van der Waals surface area contributed by atoms with E-state index in [2.05, 4.69) is 20.8 Å². The number of hydrogen-bond acceptors (Lipinski definition) is 3. The predicted molar refractivity (Wildman–Crippen MR) is 91.0 cm³/mol. The Morgan fingerprint density at radius 3 is 2.05 bits per heavy atom. The molecule has 1 rings (SSSR count). The van der Waals surface area contributed by atoms with Crippen molar-refractivity contribution < 1.29 is 13.2 Å². The van der Waals surface area contributed by atoms with Crippen molar-refractivity contribution in [3.8, 4) is 0 Å². The highest BCUT2D eigenvalue weighted by Crippen LogP contribution is 2.27. The second kappa shape index (κ2) is 6.53. The van der Waals surface area contributed by atoms with E-state index in [0.29, 0.717) is 12.0 Å². The molecule has 0 heterocycles. The molecular formula is C18H28O3S. The summed E-state index contributed by atoms with van der Waals surface area (Å²) in [7, 11) is -3.44. The highest BCUT2D eigenvalue weighted by atomic mass is 32.2. The first-order valence-corrected chi connectivity index (χ1v) is 9.36. The van der Waals surface area contributed by atoms with Gasteiger partial charge in [0, 0.05) is 11.0 Å². The monoisotopic (exact) mass is 324 g/mol. The highest BCUT2D eigenvalue weighted by molar-refractivity contribution is 7.91. The summed E-state index contributed by atoms with van der Waals surface area (Å²) >= 11 is 0. The van der Waals surface area contributed by atoms with Crippen molar-refractivity contribution in [1.82, 2.24) is 0 Å². The molecule has 0 amide bonds. The lowest BCUT2D eigenvalue weighted by Crippen LogP contribution is -2.23. The van der Waals surface area contributed by atoms with Gasteiger partial charge in [0.1, 0.15) is 0 Å². The Morgan fingerprint density at radius 2 is 1.55 bits per heavy atom. The van der Waals surface area contributed by atoms with Gasteiger partial charge < -0.3 is 0 Å². The number of sulfone groups is 1. The van der Waals surface area contributed by atoms with Crippen molar-refractivity contribution in [3.05, 3.63) is 29.8 Å². The van der Waals surface area contributed by atoms with E-state index < -0.39 is 15.3 Å². The summed E-state index contributed by atoms with van der Waals surface area (Å²) in [5, 5.41) is 0. The highest BCUT2D eigenvalue weighted by Gasteiger charge is 2.29.